The van der Waals surface area contributed by atoms with Crippen molar-refractivity contribution in [1.82, 2.24) is 0 Å². The van der Waals surface area contributed by atoms with E-state index in [-0.39, 0.29) is 12.4 Å². The molecule has 1 unspecified atom stereocenters. The Labute approximate surface area is 165 Å². The summed E-state index contributed by atoms with van der Waals surface area (Å²) in [5.41, 5.74) is 1.11. The largest absolute Gasteiger partial charge is 0.454 e. The normalized spacial score (nSPS) is 12.9. The lowest BCUT2D eigenvalue weighted by Crippen LogP contribution is -2.26. The van der Waals surface area contributed by atoms with Gasteiger partial charge in [0.05, 0.1) is 5.56 Å². The number of rotatable bonds is 5. The van der Waals surface area contributed by atoms with E-state index in [9.17, 15) is 14.0 Å². The van der Waals surface area contributed by atoms with Crippen LogP contribution in [0, 0.1) is 5.82 Å². The Morgan fingerprint density at radius 3 is 2.41 bits per heavy atom. The Hall–Kier alpha value is -3.87. The van der Waals surface area contributed by atoms with Crippen LogP contribution in [0.15, 0.2) is 72.8 Å². The molecule has 146 valence electrons. The number of halogens is 1. The van der Waals surface area contributed by atoms with Gasteiger partial charge >= 0.3 is 5.97 Å². The number of hydrogen-bond acceptors (Lipinski definition) is 5. The van der Waals surface area contributed by atoms with Crippen LogP contribution < -0.4 is 14.8 Å². The predicted molar refractivity (Wildman–Crippen MR) is 102 cm³/mol. The molecular formula is C22H16FNO5. The van der Waals surface area contributed by atoms with Crippen LogP contribution in [0.25, 0.3) is 0 Å². The lowest BCUT2D eigenvalue weighted by atomic mass is 10.1. The molecule has 1 aliphatic heterocycles. The van der Waals surface area contributed by atoms with Crippen LogP contribution in [0.5, 0.6) is 11.5 Å². The summed E-state index contributed by atoms with van der Waals surface area (Å²) in [6, 6.07) is 18.6. The fraction of sp³-hybridized carbons (Fsp3) is 0.0909. The van der Waals surface area contributed by atoms with Crippen LogP contribution >= 0.6 is 0 Å². The second kappa shape index (κ2) is 8.02. The zero-order valence-corrected chi connectivity index (χ0v) is 15.1. The zero-order valence-electron chi connectivity index (χ0n) is 15.1. The molecule has 0 spiro atoms. The Kier molecular flexibility index (Phi) is 5.11. The summed E-state index contributed by atoms with van der Waals surface area (Å²) in [6.45, 7) is 0.0839. The third-order valence-corrected chi connectivity index (χ3v) is 4.29. The first kappa shape index (κ1) is 18.5. The van der Waals surface area contributed by atoms with Crippen molar-refractivity contribution in [2.24, 2.45) is 0 Å². The molecule has 0 aromatic heterocycles. The Morgan fingerprint density at radius 2 is 1.66 bits per heavy atom. The maximum absolute atomic E-state index is 13.1. The van der Waals surface area contributed by atoms with Gasteiger partial charge in [0.1, 0.15) is 5.82 Å². The van der Waals surface area contributed by atoms with Crippen molar-refractivity contribution < 1.29 is 28.2 Å². The van der Waals surface area contributed by atoms with E-state index in [0.717, 1.165) is 0 Å². The minimum absolute atomic E-state index is 0.0839. The van der Waals surface area contributed by atoms with Crippen molar-refractivity contribution in [2.45, 2.75) is 6.10 Å². The Bertz CT molecular complexity index is 1040. The van der Waals surface area contributed by atoms with E-state index in [0.29, 0.717) is 22.7 Å². The van der Waals surface area contributed by atoms with Gasteiger partial charge in [-0.3, -0.25) is 4.79 Å². The second-order valence-corrected chi connectivity index (χ2v) is 6.26. The molecule has 1 N–H and O–H groups in total. The molecule has 1 atom stereocenters. The van der Waals surface area contributed by atoms with Crippen molar-refractivity contribution in [2.75, 3.05) is 12.1 Å². The molecule has 0 saturated carbocycles. The third kappa shape index (κ3) is 4.19. The highest BCUT2D eigenvalue weighted by Gasteiger charge is 2.27. The highest BCUT2D eigenvalue weighted by molar-refractivity contribution is 5.98. The van der Waals surface area contributed by atoms with E-state index in [1.165, 1.54) is 36.4 Å². The molecule has 4 rings (SSSR count). The number of carbonyl (C=O) groups is 2. The van der Waals surface area contributed by atoms with E-state index in [1.54, 1.807) is 36.4 Å². The smallest absolute Gasteiger partial charge is 0.339 e. The van der Waals surface area contributed by atoms with Gasteiger partial charge < -0.3 is 19.5 Å². The lowest BCUT2D eigenvalue weighted by molar-refractivity contribution is -0.125. The summed E-state index contributed by atoms with van der Waals surface area (Å²) in [5, 5.41) is 2.64. The van der Waals surface area contributed by atoms with Crippen LogP contribution in [0.1, 0.15) is 22.0 Å². The summed E-state index contributed by atoms with van der Waals surface area (Å²) in [6.07, 6.45) is -1.20. The van der Waals surface area contributed by atoms with Crippen molar-refractivity contribution in [3.05, 3.63) is 89.7 Å². The van der Waals surface area contributed by atoms with Gasteiger partial charge in [0, 0.05) is 11.3 Å². The lowest BCUT2D eigenvalue weighted by Gasteiger charge is -2.18. The molecule has 0 radical (unpaired) electrons. The molecule has 6 nitrogen and oxygen atoms in total. The van der Waals surface area contributed by atoms with Gasteiger partial charge in [-0.25, -0.2) is 9.18 Å². The molecule has 0 bridgehead atoms. The molecular weight excluding hydrogens is 377 g/mol. The van der Waals surface area contributed by atoms with Gasteiger partial charge in [-0.15, -0.1) is 0 Å². The van der Waals surface area contributed by atoms with Crippen molar-refractivity contribution in [1.29, 1.82) is 0 Å². The SMILES string of the molecule is O=C(OC(C(=O)Nc1ccc(F)cc1)c1ccccc1)c1ccc2c(c1)OCO2. The fourth-order valence-corrected chi connectivity index (χ4v) is 2.84. The quantitative estimate of drug-likeness (QED) is 0.661. The van der Waals surface area contributed by atoms with Gasteiger partial charge in [-0.05, 0) is 42.5 Å². The first-order chi connectivity index (χ1) is 14.1. The number of nitrogens with one attached hydrogen (secondary N) is 1. The number of carbonyl (C=O) groups excluding carboxylic acids is 2. The average molecular weight is 393 g/mol. The molecule has 1 amide bonds. The van der Waals surface area contributed by atoms with Gasteiger partial charge in [-0.2, -0.15) is 0 Å². The molecule has 3 aromatic carbocycles. The van der Waals surface area contributed by atoms with E-state index in [2.05, 4.69) is 5.32 Å². The predicted octanol–water partition coefficient (Wildman–Crippen LogP) is 4.09. The monoisotopic (exact) mass is 393 g/mol. The summed E-state index contributed by atoms with van der Waals surface area (Å²) in [4.78, 5) is 25.5. The number of benzene rings is 3. The Balaban J connectivity index is 1.56. The number of anilines is 1. The van der Waals surface area contributed by atoms with Crippen molar-refractivity contribution in [3.8, 4) is 11.5 Å². The van der Waals surface area contributed by atoms with Gasteiger partial charge in [0.25, 0.3) is 5.91 Å². The highest BCUT2D eigenvalue weighted by atomic mass is 19.1. The second-order valence-electron chi connectivity index (χ2n) is 6.26. The van der Waals surface area contributed by atoms with Crippen molar-refractivity contribution >= 4 is 17.6 Å². The van der Waals surface area contributed by atoms with E-state index in [4.69, 9.17) is 14.2 Å². The van der Waals surface area contributed by atoms with Crippen LogP contribution in [-0.4, -0.2) is 18.7 Å². The minimum Gasteiger partial charge on any atom is -0.454 e. The molecule has 3 aromatic rings. The number of fused-ring (bicyclic) bond motifs is 1. The van der Waals surface area contributed by atoms with Gasteiger partial charge in [-0.1, -0.05) is 30.3 Å². The van der Waals surface area contributed by atoms with Crippen LogP contribution in [0.2, 0.25) is 0 Å². The van der Waals surface area contributed by atoms with Crippen LogP contribution in [0.3, 0.4) is 0 Å². The first-order valence-corrected chi connectivity index (χ1v) is 8.82. The number of esters is 1. The van der Waals surface area contributed by atoms with Crippen LogP contribution in [0.4, 0.5) is 10.1 Å². The van der Waals surface area contributed by atoms with Gasteiger partial charge in [0.15, 0.2) is 11.5 Å². The average Bonchev–Trinajstić information content (AvgIpc) is 3.22. The summed E-state index contributed by atoms with van der Waals surface area (Å²) in [7, 11) is 0. The number of amides is 1. The molecule has 1 heterocycles. The molecule has 1 aliphatic rings. The van der Waals surface area contributed by atoms with Crippen LogP contribution in [-0.2, 0) is 9.53 Å². The summed E-state index contributed by atoms with van der Waals surface area (Å²) in [5.74, 6) is -0.693. The summed E-state index contributed by atoms with van der Waals surface area (Å²) >= 11 is 0. The first-order valence-electron chi connectivity index (χ1n) is 8.82. The number of ether oxygens (including phenoxy) is 3. The minimum atomic E-state index is -1.20. The zero-order chi connectivity index (χ0) is 20.2. The molecule has 29 heavy (non-hydrogen) atoms. The van der Waals surface area contributed by atoms with Gasteiger partial charge in [0.2, 0.25) is 12.9 Å². The third-order valence-electron chi connectivity index (χ3n) is 4.29. The highest BCUT2D eigenvalue weighted by Crippen LogP contribution is 2.33. The van der Waals surface area contributed by atoms with E-state index >= 15 is 0 Å². The molecule has 0 fully saturated rings. The van der Waals surface area contributed by atoms with Crippen molar-refractivity contribution in [3.63, 3.8) is 0 Å². The topological polar surface area (TPSA) is 73.9 Å². The molecule has 0 saturated heterocycles. The number of hydrogen-bond donors (Lipinski definition) is 1. The maximum Gasteiger partial charge on any atom is 0.339 e. The molecule has 0 aliphatic carbocycles. The van der Waals surface area contributed by atoms with E-state index in [1.807, 2.05) is 0 Å². The summed E-state index contributed by atoms with van der Waals surface area (Å²) < 4.78 is 29.1. The fourth-order valence-electron chi connectivity index (χ4n) is 2.84. The Morgan fingerprint density at radius 1 is 0.931 bits per heavy atom. The maximum atomic E-state index is 13.1. The molecule has 7 heteroatoms. The standard InChI is InChI=1S/C22H16FNO5/c23-16-7-9-17(10-8-16)24-21(25)20(14-4-2-1-3-5-14)29-22(26)15-6-11-18-19(12-15)28-13-27-18/h1-12,20H,13H2,(H,24,25). The van der Waals surface area contributed by atoms with E-state index < -0.39 is 23.8 Å².